The summed E-state index contributed by atoms with van der Waals surface area (Å²) in [4.78, 5) is 0. The molecule has 1 fully saturated rings. The van der Waals surface area contributed by atoms with Crippen LogP contribution in [-0.2, 0) is 0 Å². The molecule has 0 unspecified atom stereocenters. The Morgan fingerprint density at radius 1 is 1.11 bits per heavy atom. The highest BCUT2D eigenvalue weighted by molar-refractivity contribution is 5.15. The van der Waals surface area contributed by atoms with Crippen LogP contribution in [0.4, 0.5) is 0 Å². The zero-order valence-corrected chi connectivity index (χ0v) is 14.1. The maximum Gasteiger partial charge on any atom is -0.0168 e. The lowest BCUT2D eigenvalue weighted by atomic mass is 9.84. The average molecular weight is 264 g/mol. The summed E-state index contributed by atoms with van der Waals surface area (Å²) in [5, 5.41) is 0. The van der Waals surface area contributed by atoms with Crippen molar-refractivity contribution in [1.82, 2.24) is 0 Å². The van der Waals surface area contributed by atoms with Gasteiger partial charge in [-0.15, -0.1) is 0 Å². The van der Waals surface area contributed by atoms with Crippen molar-refractivity contribution in [3.63, 3.8) is 0 Å². The Balaban J connectivity index is 0. The van der Waals surface area contributed by atoms with Crippen molar-refractivity contribution in [2.45, 2.75) is 79.6 Å². The van der Waals surface area contributed by atoms with Crippen LogP contribution < -0.4 is 0 Å². The summed E-state index contributed by atoms with van der Waals surface area (Å²) in [5.41, 5.74) is 2.72. The number of hydrogen-bond donors (Lipinski definition) is 0. The van der Waals surface area contributed by atoms with E-state index >= 15 is 0 Å². The van der Waals surface area contributed by atoms with Gasteiger partial charge in [-0.3, -0.25) is 0 Å². The van der Waals surface area contributed by atoms with Crippen LogP contribution in [0.5, 0.6) is 0 Å². The molecule has 1 rings (SSSR count). The summed E-state index contributed by atoms with van der Waals surface area (Å²) >= 11 is 0. The quantitative estimate of drug-likeness (QED) is 0.377. The minimum absolute atomic E-state index is 0.756. The molecule has 1 aliphatic carbocycles. The molecule has 0 aromatic carbocycles. The van der Waals surface area contributed by atoms with Gasteiger partial charge in [0.25, 0.3) is 0 Å². The first-order chi connectivity index (χ1) is 9.06. The van der Waals surface area contributed by atoms with E-state index in [2.05, 4.69) is 53.9 Å². The molecule has 0 aliphatic heterocycles. The fourth-order valence-corrected chi connectivity index (χ4v) is 1.84. The summed E-state index contributed by atoms with van der Waals surface area (Å²) in [6.45, 7) is 18.3. The van der Waals surface area contributed by atoms with E-state index in [0.29, 0.717) is 0 Å². The Hall–Kier alpha value is -0.780. The van der Waals surface area contributed by atoms with Gasteiger partial charge >= 0.3 is 0 Å². The molecule has 0 radical (unpaired) electrons. The van der Waals surface area contributed by atoms with E-state index in [1.807, 2.05) is 6.08 Å². The molecule has 0 spiro atoms. The van der Waals surface area contributed by atoms with Crippen LogP contribution in [0.1, 0.15) is 79.6 Å². The molecule has 0 saturated heterocycles. The van der Waals surface area contributed by atoms with Gasteiger partial charge < -0.3 is 0 Å². The summed E-state index contributed by atoms with van der Waals surface area (Å²) in [7, 11) is 0. The highest BCUT2D eigenvalue weighted by atomic mass is 14.2. The van der Waals surface area contributed by atoms with Crippen LogP contribution in [0, 0.1) is 5.92 Å². The van der Waals surface area contributed by atoms with Gasteiger partial charge in [0.05, 0.1) is 0 Å². The maximum absolute atomic E-state index is 3.98. The number of rotatable bonds is 3. The minimum atomic E-state index is 0.756. The van der Waals surface area contributed by atoms with Crippen LogP contribution >= 0.6 is 0 Å². The van der Waals surface area contributed by atoms with Crippen molar-refractivity contribution in [2.24, 2.45) is 5.92 Å². The average Bonchev–Trinajstić information content (AvgIpc) is 2.48. The zero-order valence-electron chi connectivity index (χ0n) is 14.1. The molecule has 112 valence electrons. The molecule has 0 heteroatoms. The normalized spacial score (nSPS) is 15.5. The van der Waals surface area contributed by atoms with Crippen molar-refractivity contribution in [3.8, 4) is 0 Å². The van der Waals surface area contributed by atoms with E-state index in [4.69, 9.17) is 0 Å². The molecule has 0 nitrogen and oxygen atoms in total. The van der Waals surface area contributed by atoms with E-state index in [1.165, 1.54) is 56.1 Å². The number of allylic oxidation sites excluding steroid dienone is 4. The molecule has 0 heterocycles. The van der Waals surface area contributed by atoms with Gasteiger partial charge in [0, 0.05) is 0 Å². The van der Waals surface area contributed by atoms with Crippen LogP contribution in [0.25, 0.3) is 0 Å². The lowest BCUT2D eigenvalue weighted by molar-refractivity contribution is 0.409. The smallest absolute Gasteiger partial charge is 0.0168 e. The Morgan fingerprint density at radius 2 is 1.58 bits per heavy atom. The first-order valence-corrected chi connectivity index (χ1v) is 8.00. The zero-order chi connectivity index (χ0) is 15.1. The summed E-state index contributed by atoms with van der Waals surface area (Å²) in [5.74, 6) is 0.756. The van der Waals surface area contributed by atoms with Gasteiger partial charge in [0.1, 0.15) is 0 Å². The fraction of sp³-hybridized carbons (Fsp3) is 0.684. The van der Waals surface area contributed by atoms with Crippen molar-refractivity contribution < 1.29 is 0 Å². The van der Waals surface area contributed by atoms with Crippen molar-refractivity contribution >= 4 is 0 Å². The van der Waals surface area contributed by atoms with Gasteiger partial charge in [-0.1, -0.05) is 82.9 Å². The van der Waals surface area contributed by atoms with Gasteiger partial charge in [-0.05, 0) is 39.0 Å². The molecule has 0 aromatic rings. The lowest BCUT2D eigenvalue weighted by Gasteiger charge is -2.21. The Kier molecular flexibility index (Phi) is 16.5. The van der Waals surface area contributed by atoms with Crippen LogP contribution in [0.2, 0.25) is 0 Å². The first kappa shape index (κ1) is 20.5. The van der Waals surface area contributed by atoms with E-state index in [0.717, 1.165) is 5.92 Å². The van der Waals surface area contributed by atoms with Crippen molar-refractivity contribution in [3.05, 3.63) is 36.5 Å². The third-order valence-corrected chi connectivity index (χ3v) is 3.44. The Labute approximate surface area is 122 Å². The predicted molar refractivity (Wildman–Crippen MR) is 91.6 cm³/mol. The van der Waals surface area contributed by atoms with Crippen molar-refractivity contribution in [1.29, 1.82) is 0 Å². The second-order valence-corrected chi connectivity index (χ2v) is 5.31. The molecule has 1 saturated carbocycles. The first-order valence-electron chi connectivity index (χ1n) is 8.00. The SMILES string of the molecule is C/C=C(\C)CC.C=CC(=C)C1CCCCC1.CCC. The third-order valence-electron chi connectivity index (χ3n) is 3.44. The summed E-state index contributed by atoms with van der Waals surface area (Å²) < 4.78 is 0. The molecular formula is C19H36. The predicted octanol–water partition coefficient (Wildman–Crippen LogP) is 7.09. The monoisotopic (exact) mass is 264 g/mol. The molecule has 0 amide bonds. The Morgan fingerprint density at radius 3 is 1.84 bits per heavy atom. The second kappa shape index (κ2) is 15.3. The molecule has 19 heavy (non-hydrogen) atoms. The van der Waals surface area contributed by atoms with Crippen LogP contribution in [-0.4, -0.2) is 0 Å². The molecule has 0 atom stereocenters. The lowest BCUT2D eigenvalue weighted by Crippen LogP contribution is -2.06. The van der Waals surface area contributed by atoms with Crippen LogP contribution in [0.3, 0.4) is 0 Å². The third kappa shape index (κ3) is 13.5. The minimum Gasteiger partial charge on any atom is -0.0988 e. The number of hydrogen-bond acceptors (Lipinski definition) is 0. The van der Waals surface area contributed by atoms with E-state index < -0.39 is 0 Å². The van der Waals surface area contributed by atoms with Crippen LogP contribution in [0.15, 0.2) is 36.5 Å². The molecule has 1 aliphatic rings. The second-order valence-electron chi connectivity index (χ2n) is 5.31. The van der Waals surface area contributed by atoms with Gasteiger partial charge in [-0.25, -0.2) is 0 Å². The van der Waals surface area contributed by atoms with Crippen molar-refractivity contribution in [2.75, 3.05) is 0 Å². The summed E-state index contributed by atoms with van der Waals surface area (Å²) in [6.07, 6.45) is 13.4. The fourth-order valence-electron chi connectivity index (χ4n) is 1.84. The van der Waals surface area contributed by atoms with Gasteiger partial charge in [0.15, 0.2) is 0 Å². The van der Waals surface area contributed by atoms with E-state index in [1.54, 1.807) is 0 Å². The maximum atomic E-state index is 3.98. The van der Waals surface area contributed by atoms with E-state index in [-0.39, 0.29) is 0 Å². The highest BCUT2D eigenvalue weighted by Crippen LogP contribution is 2.28. The molecule has 0 aromatic heterocycles. The highest BCUT2D eigenvalue weighted by Gasteiger charge is 2.13. The molecule has 0 bridgehead atoms. The van der Waals surface area contributed by atoms with Gasteiger partial charge in [0.2, 0.25) is 0 Å². The standard InChI is InChI=1S/C10H16.C6H12.C3H8/c1-3-9(2)10-7-5-4-6-8-10;1-4-6(3)5-2;1-3-2/h3,10H,1-2,4-8H2;4H,5H2,1-3H3;3H2,1-2H3/b;6-4+;. The largest absolute Gasteiger partial charge is 0.0988 e. The topological polar surface area (TPSA) is 0 Å². The van der Waals surface area contributed by atoms with E-state index in [9.17, 15) is 0 Å². The molecule has 0 N–H and O–H groups in total. The Bertz CT molecular complexity index is 239. The van der Waals surface area contributed by atoms with Gasteiger partial charge in [-0.2, -0.15) is 0 Å². The molecular weight excluding hydrogens is 228 g/mol. The summed E-state index contributed by atoms with van der Waals surface area (Å²) in [6, 6.07) is 0.